The number of hydrogen-bond acceptors (Lipinski definition) is 3. The molecule has 3 nitrogen and oxygen atoms in total. The molecular weight excluding hydrogens is 274 g/mol. The summed E-state index contributed by atoms with van der Waals surface area (Å²) in [7, 11) is 0. The molecule has 0 fully saturated rings. The van der Waals surface area contributed by atoms with Crippen molar-refractivity contribution >= 4 is 5.97 Å². The first-order chi connectivity index (χ1) is 10.7. The lowest BCUT2D eigenvalue weighted by atomic mass is 10.1. The largest absolute Gasteiger partial charge is 0.443 e. The van der Waals surface area contributed by atoms with Crippen molar-refractivity contribution in [1.29, 1.82) is 0 Å². The van der Waals surface area contributed by atoms with Gasteiger partial charge in [0, 0.05) is 6.54 Å². The molecule has 2 aromatic rings. The van der Waals surface area contributed by atoms with Gasteiger partial charge in [-0.15, -0.1) is 0 Å². The number of carbonyl (C=O) groups excluding carboxylic acids is 1. The zero-order valence-electron chi connectivity index (χ0n) is 13.2. The number of hydrogen-bond donors (Lipinski definition) is 1. The molecule has 0 radical (unpaired) electrons. The molecule has 3 heteroatoms. The van der Waals surface area contributed by atoms with Crippen LogP contribution < -0.4 is 5.32 Å². The lowest BCUT2D eigenvalue weighted by Crippen LogP contribution is -2.32. The van der Waals surface area contributed by atoms with E-state index in [1.807, 2.05) is 55.5 Å². The highest BCUT2D eigenvalue weighted by atomic mass is 16.6. The van der Waals surface area contributed by atoms with Crippen LogP contribution in [0.2, 0.25) is 0 Å². The average Bonchev–Trinajstić information content (AvgIpc) is 2.59. The average molecular weight is 297 g/mol. The Bertz CT molecular complexity index is 595. The van der Waals surface area contributed by atoms with Gasteiger partial charge >= 0.3 is 5.97 Å². The predicted molar refractivity (Wildman–Crippen MR) is 88.6 cm³/mol. The summed E-state index contributed by atoms with van der Waals surface area (Å²) < 4.78 is 5.56. The van der Waals surface area contributed by atoms with Gasteiger partial charge in [-0.1, -0.05) is 56.3 Å². The van der Waals surface area contributed by atoms with Crippen molar-refractivity contribution in [3.63, 3.8) is 0 Å². The van der Waals surface area contributed by atoms with Crippen molar-refractivity contribution < 1.29 is 9.53 Å². The van der Waals surface area contributed by atoms with Crippen molar-refractivity contribution in [2.24, 2.45) is 0 Å². The zero-order valence-corrected chi connectivity index (χ0v) is 13.2. The minimum Gasteiger partial charge on any atom is -0.443 e. The highest BCUT2D eigenvalue weighted by Gasteiger charge is 2.14. The molecule has 116 valence electrons. The van der Waals surface area contributed by atoms with Crippen LogP contribution in [0.25, 0.3) is 0 Å². The van der Waals surface area contributed by atoms with E-state index in [-0.39, 0.29) is 12.2 Å². The molecule has 22 heavy (non-hydrogen) atoms. The number of benzene rings is 2. The molecule has 0 saturated carbocycles. The Morgan fingerprint density at radius 1 is 1.05 bits per heavy atom. The van der Waals surface area contributed by atoms with Gasteiger partial charge in [0.2, 0.25) is 0 Å². The minimum absolute atomic E-state index is 0.275. The SMILES string of the molecule is CCc1cccc(C(=O)OC(CC)NCc2ccccc2)c1. The summed E-state index contributed by atoms with van der Waals surface area (Å²) in [5.41, 5.74) is 2.92. The summed E-state index contributed by atoms with van der Waals surface area (Å²) in [6.45, 7) is 4.75. The fraction of sp³-hybridized carbons (Fsp3) is 0.316. The first kappa shape index (κ1) is 16.2. The third kappa shape index (κ3) is 4.71. The number of carbonyl (C=O) groups is 1. The molecule has 0 bridgehead atoms. The molecule has 1 N–H and O–H groups in total. The summed E-state index contributed by atoms with van der Waals surface area (Å²) in [4.78, 5) is 12.2. The summed E-state index contributed by atoms with van der Waals surface area (Å²) in [6.07, 6.45) is 1.36. The van der Waals surface area contributed by atoms with Crippen molar-refractivity contribution in [2.75, 3.05) is 0 Å². The highest BCUT2D eigenvalue weighted by molar-refractivity contribution is 5.89. The highest BCUT2D eigenvalue weighted by Crippen LogP contribution is 2.09. The van der Waals surface area contributed by atoms with Gasteiger partial charge in [-0.25, -0.2) is 4.79 Å². The van der Waals surface area contributed by atoms with Crippen LogP contribution in [-0.2, 0) is 17.7 Å². The number of nitrogens with one attached hydrogen (secondary N) is 1. The van der Waals surface area contributed by atoms with E-state index in [1.165, 1.54) is 5.56 Å². The third-order valence-corrected chi connectivity index (χ3v) is 3.57. The summed E-state index contributed by atoms with van der Waals surface area (Å²) >= 11 is 0. The van der Waals surface area contributed by atoms with Gasteiger partial charge in [0.25, 0.3) is 0 Å². The van der Waals surface area contributed by atoms with Crippen LogP contribution in [0.5, 0.6) is 0 Å². The Balaban J connectivity index is 1.92. The molecule has 1 atom stereocenters. The Labute approximate surface area is 132 Å². The maximum absolute atomic E-state index is 12.2. The molecule has 0 aliphatic rings. The second-order valence-corrected chi connectivity index (χ2v) is 5.22. The van der Waals surface area contributed by atoms with Crippen LogP contribution in [0.4, 0.5) is 0 Å². The number of esters is 1. The van der Waals surface area contributed by atoms with Crippen LogP contribution in [0.15, 0.2) is 54.6 Å². The molecule has 0 aliphatic carbocycles. The molecule has 2 aromatic carbocycles. The van der Waals surface area contributed by atoms with Crippen molar-refractivity contribution in [1.82, 2.24) is 5.32 Å². The smallest absolute Gasteiger partial charge is 0.339 e. The molecule has 0 aliphatic heterocycles. The van der Waals surface area contributed by atoms with E-state index < -0.39 is 0 Å². The van der Waals surface area contributed by atoms with E-state index in [0.717, 1.165) is 18.4 Å². The van der Waals surface area contributed by atoms with E-state index in [1.54, 1.807) is 6.07 Å². The fourth-order valence-corrected chi connectivity index (χ4v) is 2.21. The predicted octanol–water partition coefficient (Wildman–Crippen LogP) is 3.93. The first-order valence-electron chi connectivity index (χ1n) is 7.80. The molecule has 0 saturated heterocycles. The van der Waals surface area contributed by atoms with Crippen molar-refractivity contribution in [3.05, 3.63) is 71.3 Å². The lowest BCUT2D eigenvalue weighted by molar-refractivity contribution is 0.0199. The summed E-state index contributed by atoms with van der Waals surface area (Å²) in [5.74, 6) is -0.275. The Morgan fingerprint density at radius 3 is 2.45 bits per heavy atom. The lowest BCUT2D eigenvalue weighted by Gasteiger charge is -2.18. The van der Waals surface area contributed by atoms with Gasteiger partial charge in [0.15, 0.2) is 6.23 Å². The molecule has 0 heterocycles. The van der Waals surface area contributed by atoms with Crippen LogP contribution in [-0.4, -0.2) is 12.2 Å². The molecule has 0 spiro atoms. The zero-order chi connectivity index (χ0) is 15.8. The van der Waals surface area contributed by atoms with Gasteiger partial charge in [-0.2, -0.15) is 0 Å². The minimum atomic E-state index is -0.280. The molecule has 2 rings (SSSR count). The van der Waals surface area contributed by atoms with E-state index in [0.29, 0.717) is 12.1 Å². The van der Waals surface area contributed by atoms with Crippen molar-refractivity contribution in [3.8, 4) is 0 Å². The number of aryl methyl sites for hydroxylation is 1. The maximum Gasteiger partial charge on any atom is 0.339 e. The van der Waals surface area contributed by atoms with Crippen molar-refractivity contribution in [2.45, 2.75) is 39.5 Å². The van der Waals surface area contributed by atoms with Gasteiger partial charge in [0.1, 0.15) is 0 Å². The Morgan fingerprint density at radius 2 is 1.77 bits per heavy atom. The number of ether oxygens (including phenoxy) is 1. The monoisotopic (exact) mass is 297 g/mol. The van der Waals surface area contributed by atoms with Gasteiger partial charge in [-0.3, -0.25) is 5.32 Å². The normalized spacial score (nSPS) is 11.9. The van der Waals surface area contributed by atoms with Crippen LogP contribution in [0, 0.1) is 0 Å². The molecular formula is C19H23NO2. The van der Waals surface area contributed by atoms with E-state index in [4.69, 9.17) is 4.74 Å². The van der Waals surface area contributed by atoms with Gasteiger partial charge in [0.05, 0.1) is 5.56 Å². The standard InChI is InChI=1S/C19H23NO2/c1-3-15-11-8-12-17(13-15)19(21)22-18(4-2)20-14-16-9-6-5-7-10-16/h5-13,18,20H,3-4,14H2,1-2H3. The van der Waals surface area contributed by atoms with Crippen LogP contribution >= 0.6 is 0 Å². The van der Waals surface area contributed by atoms with Gasteiger partial charge < -0.3 is 4.74 Å². The second kappa shape index (κ2) is 8.35. The van der Waals surface area contributed by atoms with Gasteiger partial charge in [-0.05, 0) is 36.1 Å². The fourth-order valence-electron chi connectivity index (χ4n) is 2.21. The third-order valence-electron chi connectivity index (χ3n) is 3.57. The van der Waals surface area contributed by atoms with E-state index in [9.17, 15) is 4.79 Å². The van der Waals surface area contributed by atoms with Crippen LogP contribution in [0.3, 0.4) is 0 Å². The Hall–Kier alpha value is -2.13. The molecule has 0 aromatic heterocycles. The summed E-state index contributed by atoms with van der Waals surface area (Å²) in [5, 5.41) is 3.27. The first-order valence-corrected chi connectivity index (χ1v) is 7.80. The quantitative estimate of drug-likeness (QED) is 0.621. The molecule has 1 unspecified atom stereocenters. The Kier molecular flexibility index (Phi) is 6.16. The number of rotatable bonds is 7. The van der Waals surface area contributed by atoms with E-state index in [2.05, 4.69) is 12.2 Å². The summed E-state index contributed by atoms with van der Waals surface area (Å²) in [6, 6.07) is 17.7. The molecule has 0 amide bonds. The second-order valence-electron chi connectivity index (χ2n) is 5.22. The maximum atomic E-state index is 12.2. The van der Waals surface area contributed by atoms with Crippen LogP contribution in [0.1, 0.15) is 41.8 Å². The van der Waals surface area contributed by atoms with E-state index >= 15 is 0 Å². The topological polar surface area (TPSA) is 38.3 Å².